The minimum atomic E-state index is -0.424. The summed E-state index contributed by atoms with van der Waals surface area (Å²) >= 11 is 0. The molecule has 2 aliphatic carbocycles. The number of ether oxygens (including phenoxy) is 4. The van der Waals surface area contributed by atoms with Crippen LogP contribution >= 0.6 is 0 Å². The van der Waals surface area contributed by atoms with Crippen LogP contribution in [0.15, 0.2) is 95.2 Å². The van der Waals surface area contributed by atoms with Gasteiger partial charge in [0.2, 0.25) is 0 Å². The Balaban J connectivity index is 1.50. The number of fused-ring (bicyclic) bond motifs is 7. The molecule has 2 atom stereocenters. The van der Waals surface area contributed by atoms with E-state index in [1.54, 1.807) is 20.3 Å². The van der Waals surface area contributed by atoms with Gasteiger partial charge in [-0.15, -0.1) is 0 Å². The van der Waals surface area contributed by atoms with E-state index < -0.39 is 5.41 Å². The molecule has 0 heterocycles. The number of phenolic OH excluding ortho intramolecular Hbond substituents is 1. The van der Waals surface area contributed by atoms with Gasteiger partial charge in [-0.2, -0.15) is 0 Å². The summed E-state index contributed by atoms with van der Waals surface area (Å²) in [5, 5.41) is 21.2. The number of nitrogens with zero attached hydrogens (tertiary/aromatic N) is 6. The minimum Gasteiger partial charge on any atom is -0.507 e. The zero-order valence-electron chi connectivity index (χ0n) is 29.9. The second kappa shape index (κ2) is 13.3. The number of hydrogen-bond acceptors (Lipinski definition) is 7. The van der Waals surface area contributed by atoms with E-state index in [4.69, 9.17) is 24.5 Å². The summed E-state index contributed by atoms with van der Waals surface area (Å²) in [6, 6.07) is 27.1. The van der Waals surface area contributed by atoms with E-state index in [-0.39, 0.29) is 23.3 Å². The van der Waals surface area contributed by atoms with Crippen molar-refractivity contribution in [2.75, 3.05) is 27.5 Å². The summed E-state index contributed by atoms with van der Waals surface area (Å²) in [5.41, 5.74) is 23.2. The van der Waals surface area contributed by atoms with Crippen LogP contribution in [0, 0.1) is 10.8 Å². The molecule has 11 nitrogen and oxygen atoms in total. The first-order valence-corrected chi connectivity index (χ1v) is 17.1. The van der Waals surface area contributed by atoms with Crippen molar-refractivity contribution in [3.63, 3.8) is 0 Å². The highest BCUT2D eigenvalue weighted by atomic mass is 16.5. The first kappa shape index (κ1) is 34.4. The normalized spacial score (nSPS) is 19.6. The number of azide groups is 2. The summed E-state index contributed by atoms with van der Waals surface area (Å²) in [5.74, 6) is 2.93. The molecule has 7 rings (SSSR count). The van der Waals surface area contributed by atoms with Crippen LogP contribution in [-0.2, 0) is 5.41 Å². The number of aromatic hydroxyl groups is 1. The molecular formula is C41H40N6O5. The van der Waals surface area contributed by atoms with Gasteiger partial charge in [0.1, 0.15) is 34.5 Å². The summed E-state index contributed by atoms with van der Waals surface area (Å²) in [7, 11) is 3.18. The Morgan fingerprint density at radius 1 is 0.692 bits per heavy atom. The molecule has 0 amide bonds. The lowest BCUT2D eigenvalue weighted by Gasteiger charge is -2.52. The third-order valence-electron chi connectivity index (χ3n) is 10.5. The molecule has 1 N–H and O–H groups in total. The van der Waals surface area contributed by atoms with E-state index in [2.05, 4.69) is 65.1 Å². The molecule has 52 heavy (non-hydrogen) atoms. The van der Waals surface area contributed by atoms with Crippen LogP contribution in [0.4, 0.5) is 0 Å². The molecule has 5 aromatic carbocycles. The van der Waals surface area contributed by atoms with Crippen LogP contribution in [0.2, 0.25) is 0 Å². The third kappa shape index (κ3) is 6.04. The largest absolute Gasteiger partial charge is 0.507 e. The lowest BCUT2D eigenvalue weighted by molar-refractivity contribution is 0.0572. The number of benzene rings is 5. The maximum Gasteiger partial charge on any atom is 0.167 e. The van der Waals surface area contributed by atoms with Crippen molar-refractivity contribution < 1.29 is 24.1 Å². The van der Waals surface area contributed by atoms with Crippen molar-refractivity contribution in [1.82, 2.24) is 0 Å². The lowest BCUT2D eigenvalue weighted by atomic mass is 9.52. The predicted octanol–water partition coefficient (Wildman–Crippen LogP) is 11.5. The summed E-state index contributed by atoms with van der Waals surface area (Å²) < 4.78 is 23.5. The highest BCUT2D eigenvalue weighted by molar-refractivity contribution is 6.08. The molecule has 0 radical (unpaired) electrons. The minimum absolute atomic E-state index is 0.0792. The van der Waals surface area contributed by atoms with Crippen LogP contribution in [0.1, 0.15) is 51.2 Å². The highest BCUT2D eigenvalue weighted by Crippen LogP contribution is 2.65. The summed E-state index contributed by atoms with van der Waals surface area (Å²) in [6.07, 6.45) is 2.54. The lowest BCUT2D eigenvalue weighted by Crippen LogP contribution is -2.46. The van der Waals surface area contributed by atoms with E-state index in [0.29, 0.717) is 51.8 Å². The Kier molecular flexibility index (Phi) is 8.78. The van der Waals surface area contributed by atoms with Crippen molar-refractivity contribution in [2.24, 2.45) is 21.1 Å². The summed E-state index contributed by atoms with van der Waals surface area (Å²) in [4.78, 5) is 5.97. The molecule has 0 aromatic heterocycles. The number of phenols is 1. The van der Waals surface area contributed by atoms with Gasteiger partial charge in [-0.1, -0.05) is 55.3 Å². The fourth-order valence-electron chi connectivity index (χ4n) is 9.11. The fourth-order valence-corrected chi connectivity index (χ4v) is 9.11. The van der Waals surface area contributed by atoms with E-state index in [1.165, 1.54) is 5.56 Å². The zero-order valence-corrected chi connectivity index (χ0v) is 29.9. The Labute approximate surface area is 302 Å². The van der Waals surface area contributed by atoms with Crippen LogP contribution in [0.3, 0.4) is 0 Å². The molecule has 0 bridgehead atoms. The second-order valence-corrected chi connectivity index (χ2v) is 14.9. The van der Waals surface area contributed by atoms with Gasteiger partial charge in [-0.25, -0.2) is 0 Å². The van der Waals surface area contributed by atoms with Crippen molar-refractivity contribution in [3.8, 4) is 56.8 Å². The molecule has 1 spiro atoms. The molecule has 2 unspecified atom stereocenters. The SMILES string of the molecule is COc1ccc(Oc2cc3c4c(cc(O)c3cc2-c2ccc(OC)cc2OCN=[N+]=[N-])C2(CC(C)(C)CC(C)(CN=[N+]=[N-])C2)c2ccccc2-4)cc1. The van der Waals surface area contributed by atoms with Crippen LogP contribution in [0.25, 0.3) is 53.9 Å². The average Bonchev–Trinajstić information content (AvgIpc) is 3.37. The van der Waals surface area contributed by atoms with Crippen molar-refractivity contribution in [1.29, 1.82) is 0 Å². The molecular weight excluding hydrogens is 656 g/mol. The van der Waals surface area contributed by atoms with Gasteiger partial charge in [-0.3, -0.25) is 0 Å². The number of hydrogen-bond donors (Lipinski definition) is 1. The Hall–Kier alpha value is -6.02. The molecule has 11 heteroatoms. The molecule has 2 aliphatic rings. The van der Waals surface area contributed by atoms with Gasteiger partial charge < -0.3 is 24.1 Å². The molecule has 0 aliphatic heterocycles. The van der Waals surface area contributed by atoms with Crippen molar-refractivity contribution in [3.05, 3.63) is 117 Å². The molecule has 1 fully saturated rings. The smallest absolute Gasteiger partial charge is 0.167 e. The van der Waals surface area contributed by atoms with Gasteiger partial charge in [0, 0.05) is 44.4 Å². The second-order valence-electron chi connectivity index (χ2n) is 14.9. The topological polar surface area (TPSA) is 155 Å². The monoisotopic (exact) mass is 696 g/mol. The Bertz CT molecular complexity index is 2290. The van der Waals surface area contributed by atoms with Crippen molar-refractivity contribution in [2.45, 2.75) is 45.4 Å². The van der Waals surface area contributed by atoms with E-state index in [0.717, 1.165) is 41.3 Å². The first-order valence-electron chi connectivity index (χ1n) is 17.1. The van der Waals surface area contributed by atoms with Crippen molar-refractivity contribution >= 4 is 10.8 Å². The van der Waals surface area contributed by atoms with Gasteiger partial charge in [0.05, 0.1) is 14.2 Å². The molecule has 1 saturated carbocycles. The van der Waals surface area contributed by atoms with Gasteiger partial charge >= 0.3 is 0 Å². The Morgan fingerprint density at radius 3 is 2.13 bits per heavy atom. The van der Waals surface area contributed by atoms with Crippen LogP contribution in [-0.4, -0.2) is 32.6 Å². The van der Waals surface area contributed by atoms with Gasteiger partial charge in [0.25, 0.3) is 0 Å². The third-order valence-corrected chi connectivity index (χ3v) is 10.5. The maximum atomic E-state index is 12.0. The summed E-state index contributed by atoms with van der Waals surface area (Å²) in [6.45, 7) is 6.95. The van der Waals surface area contributed by atoms with Gasteiger partial charge in [-0.05, 0) is 123 Å². The predicted molar refractivity (Wildman–Crippen MR) is 201 cm³/mol. The maximum absolute atomic E-state index is 12.0. The number of rotatable bonds is 10. The molecule has 5 aromatic rings. The average molecular weight is 697 g/mol. The van der Waals surface area contributed by atoms with E-state index in [9.17, 15) is 10.6 Å². The van der Waals surface area contributed by atoms with E-state index >= 15 is 0 Å². The fraction of sp³-hybridized carbons (Fsp3) is 0.317. The Morgan fingerprint density at radius 2 is 1.40 bits per heavy atom. The highest BCUT2D eigenvalue weighted by Gasteiger charge is 2.54. The zero-order chi connectivity index (χ0) is 36.7. The molecule has 264 valence electrons. The van der Waals surface area contributed by atoms with E-state index in [1.807, 2.05) is 54.6 Å². The van der Waals surface area contributed by atoms with Crippen LogP contribution < -0.4 is 18.9 Å². The van der Waals surface area contributed by atoms with Gasteiger partial charge in [0.15, 0.2) is 6.73 Å². The first-order chi connectivity index (χ1) is 25.0. The number of methoxy groups -OCH3 is 2. The van der Waals surface area contributed by atoms with Crippen LogP contribution in [0.5, 0.6) is 34.5 Å². The quantitative estimate of drug-likeness (QED) is 0.0873. The molecule has 0 saturated heterocycles. The standard InChI is InChI=1S/C41H40N6O5/c1-39(2)20-40(3,23-44-46-42)22-41(21-39)33-9-7-6-8-29(33)38-32-18-37(52-26-12-10-25(49-4)11-13-26)31(17-30(32)35(48)19-34(38)41)28-15-14-27(50-5)16-36(28)51-24-45-47-43/h6-19,48H,20-24H2,1-5H3.